The second-order valence-corrected chi connectivity index (χ2v) is 5.48. The molecule has 0 aliphatic heterocycles. The van der Waals surface area contributed by atoms with Gasteiger partial charge in [0.25, 0.3) is 0 Å². The summed E-state index contributed by atoms with van der Waals surface area (Å²) >= 11 is 0. The van der Waals surface area contributed by atoms with Crippen molar-refractivity contribution < 1.29 is 0 Å². The van der Waals surface area contributed by atoms with Crippen molar-refractivity contribution in [1.29, 1.82) is 0 Å². The molecule has 1 aromatic carbocycles. The number of anilines is 1. The molecule has 20 heavy (non-hydrogen) atoms. The molecule has 1 N–H and O–H groups in total. The van der Waals surface area contributed by atoms with Crippen molar-refractivity contribution in [2.75, 3.05) is 24.5 Å². The first-order chi connectivity index (χ1) is 9.62. The van der Waals surface area contributed by atoms with Crippen LogP contribution in [0.2, 0.25) is 0 Å². The predicted molar refractivity (Wildman–Crippen MR) is 90.5 cm³/mol. The van der Waals surface area contributed by atoms with Crippen molar-refractivity contribution in [1.82, 2.24) is 5.32 Å². The van der Waals surface area contributed by atoms with E-state index >= 15 is 0 Å². The lowest BCUT2D eigenvalue weighted by Gasteiger charge is -2.24. The maximum Gasteiger partial charge on any atom is 0.0383 e. The molecular weight excluding hydrogens is 244 g/mol. The van der Waals surface area contributed by atoms with Gasteiger partial charge in [0.05, 0.1) is 0 Å². The number of hydrogen-bond acceptors (Lipinski definition) is 2. The molecule has 2 heteroatoms. The molecule has 0 aliphatic carbocycles. The molecule has 1 aromatic rings. The molecule has 0 aromatic heterocycles. The van der Waals surface area contributed by atoms with Crippen LogP contribution in [0.25, 0.3) is 0 Å². The Kier molecular flexibility index (Phi) is 7.38. The van der Waals surface area contributed by atoms with E-state index in [0.29, 0.717) is 6.04 Å². The summed E-state index contributed by atoms with van der Waals surface area (Å²) in [5.74, 6) is 0. The Hall–Kier alpha value is -1.28. The first-order valence-corrected chi connectivity index (χ1v) is 7.85. The number of nitrogens with zero attached hydrogens (tertiary/aromatic N) is 1. The Morgan fingerprint density at radius 1 is 1.20 bits per heavy atom. The topological polar surface area (TPSA) is 15.3 Å². The molecule has 0 amide bonds. The van der Waals surface area contributed by atoms with Crippen molar-refractivity contribution >= 4 is 5.69 Å². The van der Waals surface area contributed by atoms with Gasteiger partial charge in [-0.05, 0) is 50.9 Å². The normalized spacial score (nSPS) is 12.2. The molecule has 0 fully saturated rings. The van der Waals surface area contributed by atoms with Crippen molar-refractivity contribution in [2.24, 2.45) is 0 Å². The third-order valence-corrected chi connectivity index (χ3v) is 3.55. The van der Waals surface area contributed by atoms with Crippen LogP contribution in [0.5, 0.6) is 0 Å². The van der Waals surface area contributed by atoms with E-state index in [4.69, 9.17) is 0 Å². The first kappa shape index (κ1) is 16.8. The van der Waals surface area contributed by atoms with Crippen molar-refractivity contribution in [3.05, 3.63) is 42.0 Å². The van der Waals surface area contributed by atoms with E-state index in [0.717, 1.165) is 26.1 Å². The lowest BCUT2D eigenvalue weighted by atomic mass is 10.0. The highest BCUT2D eigenvalue weighted by Gasteiger charge is 2.09. The number of nitrogens with one attached hydrogen (secondary N) is 1. The van der Waals surface area contributed by atoms with Crippen LogP contribution in [0.3, 0.4) is 0 Å². The maximum absolute atomic E-state index is 4.01. The number of likely N-dealkylation sites (N-methyl/N-ethyl adjacent to an activating group) is 1. The fourth-order valence-corrected chi connectivity index (χ4v) is 2.45. The van der Waals surface area contributed by atoms with E-state index in [1.807, 2.05) is 0 Å². The molecule has 2 nitrogen and oxygen atoms in total. The SMILES string of the molecule is C=C(C)CN(CC)c1ccc(C(CC)NCCC)cc1. The van der Waals surface area contributed by atoms with Gasteiger partial charge in [-0.2, -0.15) is 0 Å². The van der Waals surface area contributed by atoms with Gasteiger partial charge >= 0.3 is 0 Å². The van der Waals surface area contributed by atoms with Gasteiger partial charge < -0.3 is 10.2 Å². The molecule has 1 rings (SSSR count). The molecule has 1 unspecified atom stereocenters. The molecule has 0 heterocycles. The molecule has 0 spiro atoms. The number of hydrogen-bond donors (Lipinski definition) is 1. The third kappa shape index (κ3) is 5.01. The molecule has 0 saturated heterocycles. The van der Waals surface area contributed by atoms with Crippen molar-refractivity contribution in [2.45, 2.75) is 46.6 Å². The largest absolute Gasteiger partial charge is 0.368 e. The second-order valence-electron chi connectivity index (χ2n) is 5.48. The Morgan fingerprint density at radius 3 is 2.30 bits per heavy atom. The molecule has 0 aliphatic rings. The summed E-state index contributed by atoms with van der Waals surface area (Å²) in [5, 5.41) is 3.60. The lowest BCUT2D eigenvalue weighted by Crippen LogP contribution is -2.25. The van der Waals surface area contributed by atoms with Crippen LogP contribution >= 0.6 is 0 Å². The van der Waals surface area contributed by atoms with E-state index in [2.05, 4.69) is 68.8 Å². The van der Waals surface area contributed by atoms with Crippen LogP contribution in [0.4, 0.5) is 5.69 Å². The number of rotatable bonds is 9. The van der Waals surface area contributed by atoms with Crippen LogP contribution < -0.4 is 10.2 Å². The first-order valence-electron chi connectivity index (χ1n) is 7.85. The van der Waals surface area contributed by atoms with Gasteiger partial charge in [0.1, 0.15) is 0 Å². The summed E-state index contributed by atoms with van der Waals surface area (Å²) in [6.45, 7) is 15.7. The van der Waals surface area contributed by atoms with Crippen LogP contribution in [0.1, 0.15) is 52.1 Å². The summed E-state index contributed by atoms with van der Waals surface area (Å²) in [4.78, 5) is 2.35. The zero-order chi connectivity index (χ0) is 15.0. The quantitative estimate of drug-likeness (QED) is 0.665. The van der Waals surface area contributed by atoms with Gasteiger partial charge in [-0.3, -0.25) is 0 Å². The minimum Gasteiger partial charge on any atom is -0.368 e. The van der Waals surface area contributed by atoms with Crippen LogP contribution in [0, 0.1) is 0 Å². The molecular formula is C18H30N2. The Bertz CT molecular complexity index is 394. The minimum absolute atomic E-state index is 0.472. The average Bonchev–Trinajstić information content (AvgIpc) is 2.46. The monoisotopic (exact) mass is 274 g/mol. The van der Waals surface area contributed by atoms with Gasteiger partial charge in [0.15, 0.2) is 0 Å². The van der Waals surface area contributed by atoms with Crippen molar-refractivity contribution in [3.63, 3.8) is 0 Å². The van der Waals surface area contributed by atoms with Crippen LogP contribution in [0.15, 0.2) is 36.4 Å². The standard InChI is InChI=1S/C18H30N2/c1-6-13-19-18(7-2)16-9-11-17(12-10-16)20(8-3)14-15(4)5/h9-12,18-19H,4,6-8,13-14H2,1-3,5H3. The summed E-state index contributed by atoms with van der Waals surface area (Å²) in [5.41, 5.74) is 3.87. The van der Waals surface area contributed by atoms with E-state index in [1.54, 1.807) is 0 Å². The van der Waals surface area contributed by atoms with Gasteiger partial charge in [-0.15, -0.1) is 0 Å². The fourth-order valence-electron chi connectivity index (χ4n) is 2.45. The van der Waals surface area contributed by atoms with E-state index in [1.165, 1.54) is 23.2 Å². The molecule has 0 radical (unpaired) electrons. The molecule has 0 bridgehead atoms. The fraction of sp³-hybridized carbons (Fsp3) is 0.556. The number of benzene rings is 1. The highest BCUT2D eigenvalue weighted by Crippen LogP contribution is 2.21. The minimum atomic E-state index is 0.472. The van der Waals surface area contributed by atoms with E-state index in [-0.39, 0.29) is 0 Å². The average molecular weight is 274 g/mol. The third-order valence-electron chi connectivity index (χ3n) is 3.55. The van der Waals surface area contributed by atoms with Gasteiger partial charge in [-0.25, -0.2) is 0 Å². The van der Waals surface area contributed by atoms with Crippen LogP contribution in [-0.4, -0.2) is 19.6 Å². The summed E-state index contributed by atoms with van der Waals surface area (Å²) < 4.78 is 0. The van der Waals surface area contributed by atoms with Gasteiger partial charge in [0, 0.05) is 24.8 Å². The van der Waals surface area contributed by atoms with E-state index in [9.17, 15) is 0 Å². The highest BCUT2D eigenvalue weighted by molar-refractivity contribution is 5.49. The molecule has 112 valence electrons. The zero-order valence-corrected chi connectivity index (χ0v) is 13.6. The van der Waals surface area contributed by atoms with Crippen molar-refractivity contribution in [3.8, 4) is 0 Å². The summed E-state index contributed by atoms with van der Waals surface area (Å²) in [6.07, 6.45) is 2.30. The Balaban J connectivity index is 2.77. The van der Waals surface area contributed by atoms with Gasteiger partial charge in [-0.1, -0.05) is 38.1 Å². The predicted octanol–water partition coefficient (Wildman–Crippen LogP) is 4.54. The summed E-state index contributed by atoms with van der Waals surface area (Å²) in [6, 6.07) is 9.46. The smallest absolute Gasteiger partial charge is 0.0383 e. The Labute approximate surface area is 124 Å². The zero-order valence-electron chi connectivity index (χ0n) is 13.6. The molecule has 0 saturated carbocycles. The van der Waals surface area contributed by atoms with Crippen LogP contribution in [-0.2, 0) is 0 Å². The van der Waals surface area contributed by atoms with Gasteiger partial charge in [0.2, 0.25) is 0 Å². The molecule has 1 atom stereocenters. The second kappa shape index (κ2) is 8.80. The summed E-state index contributed by atoms with van der Waals surface area (Å²) in [7, 11) is 0. The van der Waals surface area contributed by atoms with E-state index < -0.39 is 0 Å². The lowest BCUT2D eigenvalue weighted by molar-refractivity contribution is 0.518. The Morgan fingerprint density at radius 2 is 1.85 bits per heavy atom. The maximum atomic E-state index is 4.01. The highest BCUT2D eigenvalue weighted by atomic mass is 15.1.